The van der Waals surface area contributed by atoms with Crippen molar-refractivity contribution in [1.82, 2.24) is 0 Å². The Morgan fingerprint density at radius 1 is 0.818 bits per heavy atom. The monoisotopic (exact) mass is 226 g/mol. The molecule has 0 aliphatic carbocycles. The zero-order valence-electron chi connectivity index (χ0n) is 4.57. The third kappa shape index (κ3) is 6.18. The first-order valence-electron chi connectivity index (χ1n) is 1.76. The summed E-state index contributed by atoms with van der Waals surface area (Å²) in [4.78, 5) is 0. The molecular weight excluding hydrogens is 224 g/mol. The van der Waals surface area contributed by atoms with E-state index in [1.54, 1.807) is 0 Å². The van der Waals surface area contributed by atoms with Gasteiger partial charge in [-0.05, 0) is 0 Å². The van der Waals surface area contributed by atoms with Crippen LogP contribution in [-0.4, -0.2) is 25.3 Å². The van der Waals surface area contributed by atoms with Crippen LogP contribution in [0.1, 0.15) is 0 Å². The van der Waals surface area contributed by atoms with E-state index in [2.05, 4.69) is 7.26 Å². The molecule has 0 aliphatic rings. The molecule has 0 aromatic rings. The fraction of sp³-hybridized carbons (Fsp3) is 0. The molecule has 0 N–H and O–H groups in total. The van der Waals surface area contributed by atoms with Crippen molar-refractivity contribution in [3.8, 4) is 0 Å². The molecule has 0 amide bonds. The fourth-order valence-corrected chi connectivity index (χ4v) is 1.71. The van der Waals surface area contributed by atoms with Gasteiger partial charge in [-0.3, -0.25) is 0 Å². The summed E-state index contributed by atoms with van der Waals surface area (Å²) in [6.07, 6.45) is 0. The largest absolute Gasteiger partial charge is 0.429 e. The maximum absolute atomic E-state index is 10.0. The topological polar surface area (TPSA) is 121 Å². The van der Waals surface area contributed by atoms with Crippen LogP contribution in [0.15, 0.2) is 0 Å². The maximum Gasteiger partial charge on any atom is 0.429 e. The molecular formula is H2O8S3. The molecule has 0 aromatic carbocycles. The minimum absolute atomic E-state index is 3.07. The average molecular weight is 226 g/mol. The van der Waals surface area contributed by atoms with Gasteiger partial charge in [0, 0.05) is 0 Å². The van der Waals surface area contributed by atoms with Gasteiger partial charge >= 0.3 is 10.4 Å². The summed E-state index contributed by atoms with van der Waals surface area (Å²) in [7, 11) is -12.4. The van der Waals surface area contributed by atoms with Crippen LogP contribution in [0.5, 0.6) is 0 Å². The molecule has 0 fully saturated rings. The maximum atomic E-state index is 10.0. The van der Waals surface area contributed by atoms with E-state index in [9.17, 15) is 25.3 Å². The lowest BCUT2D eigenvalue weighted by Gasteiger charge is -1.90. The van der Waals surface area contributed by atoms with Crippen molar-refractivity contribution in [3.05, 3.63) is 0 Å². The zero-order chi connectivity index (χ0) is 9.07. The average Bonchev–Trinajstić information content (AvgIpc) is 1.53. The summed E-state index contributed by atoms with van der Waals surface area (Å²) >= 11 is 0. The standard InChI is InChI=1S/H2O8S3/c1-9(2)7-11(5,6)8-10(3)4/h9-10H. The molecule has 0 spiro atoms. The predicted molar refractivity (Wildman–Crippen MR) is 31.7 cm³/mol. The van der Waals surface area contributed by atoms with Crippen molar-refractivity contribution in [2.75, 3.05) is 0 Å². The van der Waals surface area contributed by atoms with Gasteiger partial charge < -0.3 is 0 Å². The second-order valence-electron chi connectivity index (χ2n) is 1.00. The molecule has 11 heavy (non-hydrogen) atoms. The van der Waals surface area contributed by atoms with Crippen molar-refractivity contribution in [3.63, 3.8) is 0 Å². The number of hydrogen-bond acceptors (Lipinski definition) is 8. The number of hydrogen-bond donors (Lipinski definition) is 2. The van der Waals surface area contributed by atoms with Crippen molar-refractivity contribution >= 4 is 32.4 Å². The first-order chi connectivity index (χ1) is 4.83. The Morgan fingerprint density at radius 3 is 1.27 bits per heavy atom. The van der Waals surface area contributed by atoms with E-state index < -0.39 is 32.4 Å². The SMILES string of the molecule is O=[SH](=O)OS(=O)(=O)O[SH](=O)=O. The molecule has 0 aliphatic heterocycles. The first-order valence-corrected chi connectivity index (χ1v) is 5.29. The summed E-state index contributed by atoms with van der Waals surface area (Å²) in [6.45, 7) is 0. The van der Waals surface area contributed by atoms with Crippen LogP contribution in [0.3, 0.4) is 0 Å². The summed E-state index contributed by atoms with van der Waals surface area (Å²) in [5.74, 6) is 0. The lowest BCUT2D eigenvalue weighted by atomic mass is 15.8. The lowest BCUT2D eigenvalue weighted by Crippen LogP contribution is -2.07. The second kappa shape index (κ2) is 3.96. The summed E-state index contributed by atoms with van der Waals surface area (Å²) < 4.78 is 64.4. The molecule has 11 heteroatoms. The Bertz CT molecular complexity index is 303. The molecule has 0 atom stereocenters. The zero-order valence-corrected chi connectivity index (χ0v) is 7.17. The molecule has 0 saturated carbocycles. The quantitative estimate of drug-likeness (QED) is 0.497. The fourth-order valence-electron chi connectivity index (χ4n) is 0.163. The van der Waals surface area contributed by atoms with Gasteiger partial charge in [0.2, 0.25) is 0 Å². The highest BCUT2D eigenvalue weighted by Crippen LogP contribution is 1.94. The van der Waals surface area contributed by atoms with Crippen molar-refractivity contribution in [1.29, 1.82) is 0 Å². The summed E-state index contributed by atoms with van der Waals surface area (Å²) in [5, 5.41) is 0. The van der Waals surface area contributed by atoms with Crippen LogP contribution in [0.2, 0.25) is 0 Å². The van der Waals surface area contributed by atoms with Gasteiger partial charge in [0.05, 0.1) is 0 Å². The van der Waals surface area contributed by atoms with E-state index in [0.29, 0.717) is 0 Å². The van der Waals surface area contributed by atoms with E-state index >= 15 is 0 Å². The van der Waals surface area contributed by atoms with Crippen molar-refractivity contribution < 1.29 is 32.5 Å². The van der Waals surface area contributed by atoms with Crippen LogP contribution < -0.4 is 0 Å². The van der Waals surface area contributed by atoms with E-state index in [4.69, 9.17) is 0 Å². The Labute approximate surface area is 65.4 Å². The van der Waals surface area contributed by atoms with Crippen LogP contribution in [0.25, 0.3) is 0 Å². The number of thiol groups is 2. The normalized spacial score (nSPS) is 12.5. The van der Waals surface area contributed by atoms with Crippen LogP contribution in [0.4, 0.5) is 0 Å². The minimum atomic E-state index is -4.97. The number of rotatable bonds is 4. The highest BCUT2D eigenvalue weighted by molar-refractivity contribution is 7.94. The van der Waals surface area contributed by atoms with Crippen molar-refractivity contribution in [2.24, 2.45) is 0 Å². The third-order valence-electron chi connectivity index (χ3n) is 0.304. The van der Waals surface area contributed by atoms with Gasteiger partial charge in [0.25, 0.3) is 22.0 Å². The Balaban J connectivity index is 4.50. The molecule has 0 bridgehead atoms. The molecule has 0 rings (SSSR count). The van der Waals surface area contributed by atoms with E-state index in [1.165, 1.54) is 0 Å². The Morgan fingerprint density at radius 2 is 1.09 bits per heavy atom. The van der Waals surface area contributed by atoms with Gasteiger partial charge in [0.1, 0.15) is 0 Å². The highest BCUT2D eigenvalue weighted by Gasteiger charge is 2.14. The lowest BCUT2D eigenvalue weighted by molar-refractivity contribution is 0.400. The summed E-state index contributed by atoms with van der Waals surface area (Å²) in [6, 6.07) is 0. The van der Waals surface area contributed by atoms with Gasteiger partial charge in [-0.2, -0.15) is 8.42 Å². The van der Waals surface area contributed by atoms with Crippen LogP contribution >= 0.6 is 0 Å². The van der Waals surface area contributed by atoms with E-state index in [0.717, 1.165) is 0 Å². The molecule has 8 nitrogen and oxygen atoms in total. The van der Waals surface area contributed by atoms with Gasteiger partial charge in [-0.25, -0.2) is 16.8 Å². The first kappa shape index (κ1) is 10.8. The highest BCUT2D eigenvalue weighted by atomic mass is 32.3. The van der Waals surface area contributed by atoms with E-state index in [1.807, 2.05) is 0 Å². The molecule has 0 aromatic heterocycles. The molecule has 0 unspecified atom stereocenters. The van der Waals surface area contributed by atoms with Crippen LogP contribution in [-0.2, 0) is 39.6 Å². The third-order valence-corrected chi connectivity index (χ3v) is 2.74. The molecule has 68 valence electrons. The minimum Gasteiger partial charge on any atom is -0.201 e. The van der Waals surface area contributed by atoms with E-state index in [-0.39, 0.29) is 0 Å². The molecule has 0 radical (unpaired) electrons. The molecule has 0 heterocycles. The predicted octanol–water partition coefficient (Wildman–Crippen LogP) is -2.68. The Hall–Kier alpha value is -0.230. The second-order valence-corrected chi connectivity index (χ2v) is 3.91. The van der Waals surface area contributed by atoms with Gasteiger partial charge in [-0.1, -0.05) is 0 Å². The van der Waals surface area contributed by atoms with Gasteiger partial charge in [0.15, 0.2) is 0 Å². The van der Waals surface area contributed by atoms with Crippen LogP contribution in [0, 0.1) is 0 Å². The molecule has 0 saturated heterocycles. The van der Waals surface area contributed by atoms with Crippen molar-refractivity contribution in [2.45, 2.75) is 0 Å². The van der Waals surface area contributed by atoms with Gasteiger partial charge in [-0.15, -0.1) is 7.26 Å². The Kier molecular flexibility index (Phi) is 3.88. The summed E-state index contributed by atoms with van der Waals surface area (Å²) in [5.41, 5.74) is 0. The smallest absolute Gasteiger partial charge is 0.201 e.